The summed E-state index contributed by atoms with van der Waals surface area (Å²) in [6.45, 7) is 6.30. The normalized spacial score (nSPS) is 15.9. The molecule has 0 aliphatic heterocycles. The maximum absolute atomic E-state index is 13.8. The summed E-state index contributed by atoms with van der Waals surface area (Å²) >= 11 is -1.61. The molecule has 2 nitrogen and oxygen atoms in total. The van der Waals surface area contributed by atoms with E-state index in [9.17, 15) is 26.5 Å². The standard InChI is InChI=1S/C13H16F5NOS/c1-7(19-21(20)12(2,3)4)11-9(14)5-8(6-10(11)15)13(16,17)18/h5-7,19H,1-4H3. The Morgan fingerprint density at radius 2 is 1.52 bits per heavy atom. The maximum Gasteiger partial charge on any atom is 0.416 e. The molecule has 2 unspecified atom stereocenters. The smallest absolute Gasteiger partial charge is 0.416 e. The minimum absolute atomic E-state index is 0.233. The molecule has 1 rings (SSSR count). The molecule has 0 radical (unpaired) electrons. The summed E-state index contributed by atoms with van der Waals surface area (Å²) in [5.74, 6) is -2.65. The summed E-state index contributed by atoms with van der Waals surface area (Å²) < 4.78 is 78.6. The van der Waals surface area contributed by atoms with Crippen molar-refractivity contribution in [2.24, 2.45) is 0 Å². The minimum atomic E-state index is -4.83. The van der Waals surface area contributed by atoms with Crippen molar-refractivity contribution < 1.29 is 26.5 Å². The van der Waals surface area contributed by atoms with Gasteiger partial charge in [-0.25, -0.2) is 8.78 Å². The van der Waals surface area contributed by atoms with E-state index in [-0.39, 0.29) is 12.1 Å². The number of benzene rings is 1. The minimum Gasteiger partial charge on any atom is -0.598 e. The van der Waals surface area contributed by atoms with Crippen LogP contribution >= 0.6 is 0 Å². The summed E-state index contributed by atoms with van der Waals surface area (Å²) in [4.78, 5) is 0. The van der Waals surface area contributed by atoms with E-state index in [0.29, 0.717) is 0 Å². The number of halogens is 5. The highest BCUT2D eigenvalue weighted by Gasteiger charge is 2.35. The molecule has 0 aliphatic carbocycles. The molecule has 0 amide bonds. The van der Waals surface area contributed by atoms with Crippen LogP contribution in [0.5, 0.6) is 0 Å². The molecule has 0 bridgehead atoms. The van der Waals surface area contributed by atoms with E-state index >= 15 is 0 Å². The molecule has 0 saturated heterocycles. The lowest BCUT2D eigenvalue weighted by molar-refractivity contribution is -0.138. The van der Waals surface area contributed by atoms with Crippen molar-refractivity contribution in [1.82, 2.24) is 4.72 Å². The van der Waals surface area contributed by atoms with Crippen molar-refractivity contribution in [2.75, 3.05) is 0 Å². The van der Waals surface area contributed by atoms with E-state index in [2.05, 4.69) is 4.72 Å². The van der Waals surface area contributed by atoms with Crippen LogP contribution in [0, 0.1) is 11.6 Å². The fraction of sp³-hybridized carbons (Fsp3) is 0.538. The Hall–Kier alpha value is -0.860. The van der Waals surface area contributed by atoms with Gasteiger partial charge in [-0.3, -0.25) is 0 Å². The monoisotopic (exact) mass is 329 g/mol. The molecule has 0 saturated carbocycles. The van der Waals surface area contributed by atoms with Crippen molar-refractivity contribution in [3.05, 3.63) is 34.9 Å². The van der Waals surface area contributed by atoms with Crippen molar-refractivity contribution in [3.8, 4) is 0 Å². The third-order valence-corrected chi connectivity index (χ3v) is 4.36. The summed E-state index contributed by atoms with van der Waals surface area (Å²) in [5, 5.41) is 0. The van der Waals surface area contributed by atoms with Crippen LogP contribution < -0.4 is 4.72 Å². The van der Waals surface area contributed by atoms with Crippen LogP contribution in [0.25, 0.3) is 0 Å². The summed E-state index contributed by atoms with van der Waals surface area (Å²) in [7, 11) is 0. The molecule has 1 aromatic carbocycles. The van der Waals surface area contributed by atoms with Gasteiger partial charge in [-0.2, -0.15) is 13.2 Å². The van der Waals surface area contributed by atoms with Gasteiger partial charge in [0.15, 0.2) is 0 Å². The molecule has 0 aromatic heterocycles. The highest BCUT2D eigenvalue weighted by atomic mass is 32.2. The molecule has 1 aromatic rings. The molecule has 0 fully saturated rings. The number of rotatable bonds is 3. The second-order valence-electron chi connectivity index (χ2n) is 5.57. The second-order valence-corrected chi connectivity index (χ2v) is 7.57. The molecular weight excluding hydrogens is 313 g/mol. The molecule has 0 spiro atoms. The number of nitrogens with one attached hydrogen (secondary N) is 1. The Labute approximate surface area is 123 Å². The molecule has 2 atom stereocenters. The molecule has 8 heteroatoms. The predicted octanol–water partition coefficient (Wildman–Crippen LogP) is 4.10. The van der Waals surface area contributed by atoms with Crippen molar-refractivity contribution in [3.63, 3.8) is 0 Å². The third kappa shape index (κ3) is 4.55. The first kappa shape index (κ1) is 18.2. The summed E-state index contributed by atoms with van der Waals surface area (Å²) in [6, 6.07) is -0.569. The zero-order chi connectivity index (χ0) is 16.6. The average Bonchev–Trinajstić information content (AvgIpc) is 2.24. The lowest BCUT2D eigenvalue weighted by atomic mass is 10.0. The van der Waals surface area contributed by atoms with Crippen molar-refractivity contribution in [2.45, 2.75) is 44.7 Å². The first-order chi connectivity index (χ1) is 9.34. The third-order valence-electron chi connectivity index (χ3n) is 2.68. The lowest BCUT2D eigenvalue weighted by Crippen LogP contribution is -2.41. The van der Waals surface area contributed by atoms with Gasteiger partial charge < -0.3 is 4.55 Å². The zero-order valence-corrected chi connectivity index (χ0v) is 12.8. The van der Waals surface area contributed by atoms with Gasteiger partial charge in [-0.05, 0) is 39.8 Å². The Bertz CT molecular complexity index is 489. The summed E-state index contributed by atoms with van der Waals surface area (Å²) in [6.07, 6.45) is -4.83. The number of hydrogen-bond acceptors (Lipinski definition) is 2. The highest BCUT2D eigenvalue weighted by molar-refractivity contribution is 7.90. The quantitative estimate of drug-likeness (QED) is 0.669. The van der Waals surface area contributed by atoms with E-state index in [0.717, 1.165) is 0 Å². The van der Waals surface area contributed by atoms with Gasteiger partial charge in [0.1, 0.15) is 16.4 Å². The zero-order valence-electron chi connectivity index (χ0n) is 11.9. The maximum atomic E-state index is 13.8. The van der Waals surface area contributed by atoms with Gasteiger partial charge in [-0.1, -0.05) is 0 Å². The van der Waals surface area contributed by atoms with Gasteiger partial charge in [0.25, 0.3) is 0 Å². The molecule has 0 aliphatic rings. The van der Waals surface area contributed by atoms with Crippen LogP contribution in [-0.4, -0.2) is 9.30 Å². The number of alkyl halides is 3. The predicted molar refractivity (Wildman–Crippen MR) is 70.8 cm³/mol. The number of hydrogen-bond donors (Lipinski definition) is 1. The van der Waals surface area contributed by atoms with Crippen molar-refractivity contribution in [1.29, 1.82) is 0 Å². The Morgan fingerprint density at radius 3 is 1.86 bits per heavy atom. The largest absolute Gasteiger partial charge is 0.598 e. The second kappa shape index (κ2) is 6.10. The van der Waals surface area contributed by atoms with Crippen LogP contribution in [0.3, 0.4) is 0 Å². The van der Waals surface area contributed by atoms with E-state index in [1.165, 1.54) is 6.92 Å². The Balaban J connectivity index is 3.09. The van der Waals surface area contributed by atoms with Crippen LogP contribution in [0.2, 0.25) is 0 Å². The van der Waals surface area contributed by atoms with Gasteiger partial charge in [0.2, 0.25) is 0 Å². The fourth-order valence-electron chi connectivity index (χ4n) is 1.56. The van der Waals surface area contributed by atoms with Crippen LogP contribution in [0.4, 0.5) is 22.0 Å². The van der Waals surface area contributed by atoms with E-state index in [1.807, 2.05) is 0 Å². The van der Waals surface area contributed by atoms with Crippen LogP contribution in [0.1, 0.15) is 44.9 Å². The van der Waals surface area contributed by atoms with Gasteiger partial charge in [0.05, 0.1) is 11.6 Å². The SMILES string of the molecule is CC(N[S+]([O-])C(C)(C)C)c1c(F)cc(C(F)(F)F)cc1F. The van der Waals surface area contributed by atoms with Gasteiger partial charge in [-0.15, -0.1) is 4.72 Å². The van der Waals surface area contributed by atoms with Gasteiger partial charge >= 0.3 is 6.18 Å². The lowest BCUT2D eigenvalue weighted by Gasteiger charge is -2.27. The highest BCUT2D eigenvalue weighted by Crippen LogP contribution is 2.33. The molecular formula is C13H16F5NOS. The van der Waals surface area contributed by atoms with Crippen molar-refractivity contribution >= 4 is 11.4 Å². The molecule has 120 valence electrons. The fourth-order valence-corrected chi connectivity index (χ4v) is 2.35. The van der Waals surface area contributed by atoms with Crippen LogP contribution in [0.15, 0.2) is 12.1 Å². The molecule has 21 heavy (non-hydrogen) atoms. The Kier molecular flexibility index (Phi) is 5.28. The van der Waals surface area contributed by atoms with Crippen LogP contribution in [-0.2, 0) is 17.5 Å². The molecule has 0 heterocycles. The van der Waals surface area contributed by atoms with E-state index in [4.69, 9.17) is 0 Å². The molecule has 1 N–H and O–H groups in total. The van der Waals surface area contributed by atoms with E-state index in [1.54, 1.807) is 20.8 Å². The Morgan fingerprint density at radius 1 is 1.10 bits per heavy atom. The first-order valence-corrected chi connectivity index (χ1v) is 7.23. The van der Waals surface area contributed by atoms with E-state index < -0.39 is 51.1 Å². The first-order valence-electron chi connectivity index (χ1n) is 6.08. The average molecular weight is 329 g/mol. The summed E-state index contributed by atoms with van der Waals surface area (Å²) in [5.41, 5.74) is -1.97. The van der Waals surface area contributed by atoms with Gasteiger partial charge in [0, 0.05) is 16.9 Å². The topological polar surface area (TPSA) is 35.1 Å².